The Labute approximate surface area is 76.9 Å². The molecule has 6 heteroatoms. The van der Waals surface area contributed by atoms with Gasteiger partial charge in [0.1, 0.15) is 6.20 Å². The van der Waals surface area contributed by atoms with Crippen LogP contribution in [0.1, 0.15) is 5.56 Å². The van der Waals surface area contributed by atoms with Gasteiger partial charge in [-0.25, -0.2) is 0 Å². The average molecular weight is 232 g/mol. The highest BCUT2D eigenvalue weighted by Gasteiger charge is 2.14. The standard InChI is InChI=1S/C6H6BrN3O2/c7-5-2-9-3-6(10(11)12)4(5)1-8/h2-3H,1,8H2. The molecule has 1 heterocycles. The molecule has 0 aromatic carbocycles. The zero-order valence-corrected chi connectivity index (χ0v) is 7.61. The number of hydrogen-bond donors (Lipinski definition) is 1. The summed E-state index contributed by atoms with van der Waals surface area (Å²) in [4.78, 5) is 13.6. The highest BCUT2D eigenvalue weighted by molar-refractivity contribution is 9.10. The number of halogens is 1. The van der Waals surface area contributed by atoms with E-state index in [0.717, 1.165) is 0 Å². The fourth-order valence-corrected chi connectivity index (χ4v) is 1.29. The third-order valence-corrected chi connectivity index (χ3v) is 2.07. The van der Waals surface area contributed by atoms with Gasteiger partial charge in [-0.3, -0.25) is 15.1 Å². The van der Waals surface area contributed by atoms with Gasteiger partial charge >= 0.3 is 0 Å². The maximum atomic E-state index is 10.4. The van der Waals surface area contributed by atoms with Crippen LogP contribution in [-0.4, -0.2) is 9.91 Å². The highest BCUT2D eigenvalue weighted by Crippen LogP contribution is 2.24. The van der Waals surface area contributed by atoms with E-state index in [1.54, 1.807) is 0 Å². The molecule has 0 aliphatic rings. The van der Waals surface area contributed by atoms with Gasteiger partial charge in [0.25, 0.3) is 5.69 Å². The third kappa shape index (κ3) is 1.59. The van der Waals surface area contributed by atoms with Crippen molar-refractivity contribution in [1.29, 1.82) is 0 Å². The van der Waals surface area contributed by atoms with Gasteiger partial charge < -0.3 is 5.73 Å². The fraction of sp³-hybridized carbons (Fsp3) is 0.167. The second-order valence-corrected chi connectivity index (χ2v) is 2.93. The lowest BCUT2D eigenvalue weighted by Crippen LogP contribution is -2.03. The molecule has 12 heavy (non-hydrogen) atoms. The monoisotopic (exact) mass is 231 g/mol. The average Bonchev–Trinajstić information content (AvgIpc) is 2.03. The van der Waals surface area contributed by atoms with Crippen LogP contribution in [0, 0.1) is 10.1 Å². The van der Waals surface area contributed by atoms with Crippen LogP contribution in [0.3, 0.4) is 0 Å². The van der Waals surface area contributed by atoms with Crippen molar-refractivity contribution in [1.82, 2.24) is 4.98 Å². The molecule has 1 aromatic rings. The van der Waals surface area contributed by atoms with Crippen molar-refractivity contribution in [2.45, 2.75) is 6.54 Å². The molecule has 0 saturated heterocycles. The van der Waals surface area contributed by atoms with E-state index in [1.165, 1.54) is 12.4 Å². The van der Waals surface area contributed by atoms with Gasteiger partial charge in [-0.15, -0.1) is 0 Å². The predicted molar refractivity (Wildman–Crippen MR) is 46.5 cm³/mol. The Morgan fingerprint density at radius 2 is 2.33 bits per heavy atom. The number of nitrogens with zero attached hydrogens (tertiary/aromatic N) is 2. The maximum absolute atomic E-state index is 10.4. The number of nitrogens with two attached hydrogens (primary N) is 1. The molecule has 1 rings (SSSR count). The van der Waals surface area contributed by atoms with Crippen LogP contribution < -0.4 is 5.73 Å². The van der Waals surface area contributed by atoms with Crippen molar-refractivity contribution in [3.63, 3.8) is 0 Å². The minimum atomic E-state index is -0.500. The number of nitro groups is 1. The summed E-state index contributed by atoms with van der Waals surface area (Å²) in [7, 11) is 0. The molecular weight excluding hydrogens is 226 g/mol. The zero-order valence-electron chi connectivity index (χ0n) is 6.03. The van der Waals surface area contributed by atoms with Gasteiger partial charge in [-0.05, 0) is 15.9 Å². The Balaban J connectivity index is 3.27. The van der Waals surface area contributed by atoms with Gasteiger partial charge in [0.05, 0.1) is 10.5 Å². The van der Waals surface area contributed by atoms with E-state index in [-0.39, 0.29) is 12.2 Å². The van der Waals surface area contributed by atoms with Crippen LogP contribution in [0.5, 0.6) is 0 Å². The molecule has 0 spiro atoms. The van der Waals surface area contributed by atoms with Crippen molar-refractivity contribution >= 4 is 21.6 Å². The van der Waals surface area contributed by atoms with E-state index in [9.17, 15) is 10.1 Å². The van der Waals surface area contributed by atoms with Crippen molar-refractivity contribution in [2.24, 2.45) is 5.73 Å². The summed E-state index contributed by atoms with van der Waals surface area (Å²) in [5.41, 5.74) is 5.75. The van der Waals surface area contributed by atoms with Gasteiger partial charge in [0.2, 0.25) is 0 Å². The molecule has 0 aliphatic carbocycles. The van der Waals surface area contributed by atoms with E-state index in [0.29, 0.717) is 10.0 Å². The van der Waals surface area contributed by atoms with E-state index in [1.807, 2.05) is 0 Å². The van der Waals surface area contributed by atoms with Crippen LogP contribution in [0.2, 0.25) is 0 Å². The van der Waals surface area contributed by atoms with E-state index in [4.69, 9.17) is 5.73 Å². The van der Waals surface area contributed by atoms with Crippen molar-refractivity contribution < 1.29 is 4.92 Å². The summed E-state index contributed by atoms with van der Waals surface area (Å²) in [6.45, 7) is 0.124. The van der Waals surface area contributed by atoms with Crippen LogP contribution in [0.15, 0.2) is 16.9 Å². The van der Waals surface area contributed by atoms with Crippen molar-refractivity contribution in [3.8, 4) is 0 Å². The van der Waals surface area contributed by atoms with Gasteiger partial charge in [0, 0.05) is 17.2 Å². The quantitative estimate of drug-likeness (QED) is 0.613. The van der Waals surface area contributed by atoms with Crippen LogP contribution >= 0.6 is 15.9 Å². The maximum Gasteiger partial charge on any atom is 0.293 e. The van der Waals surface area contributed by atoms with E-state index in [2.05, 4.69) is 20.9 Å². The number of pyridine rings is 1. The summed E-state index contributed by atoms with van der Waals surface area (Å²) in [6, 6.07) is 0. The van der Waals surface area contributed by atoms with Crippen LogP contribution in [-0.2, 0) is 6.54 Å². The topological polar surface area (TPSA) is 82.0 Å². The molecule has 2 N–H and O–H groups in total. The van der Waals surface area contributed by atoms with Crippen LogP contribution in [0.4, 0.5) is 5.69 Å². The second kappa shape index (κ2) is 3.59. The SMILES string of the molecule is NCc1c(Br)cncc1[N+](=O)[O-]. The van der Waals surface area contributed by atoms with Crippen LogP contribution in [0.25, 0.3) is 0 Å². The predicted octanol–water partition coefficient (Wildman–Crippen LogP) is 1.21. The Bertz CT molecular complexity index is 316. The smallest absolute Gasteiger partial charge is 0.293 e. The normalized spacial score (nSPS) is 9.83. The fourth-order valence-electron chi connectivity index (χ4n) is 0.811. The molecular formula is C6H6BrN3O2. The minimum absolute atomic E-state index is 0.0492. The number of hydrogen-bond acceptors (Lipinski definition) is 4. The lowest BCUT2D eigenvalue weighted by molar-refractivity contribution is -0.385. The van der Waals surface area contributed by atoms with Gasteiger partial charge in [-0.2, -0.15) is 0 Å². The van der Waals surface area contributed by atoms with Gasteiger partial charge in [0.15, 0.2) is 0 Å². The van der Waals surface area contributed by atoms with Crippen molar-refractivity contribution in [3.05, 3.63) is 32.5 Å². The zero-order chi connectivity index (χ0) is 9.14. The Morgan fingerprint density at radius 1 is 1.67 bits per heavy atom. The molecule has 0 fully saturated rings. The minimum Gasteiger partial charge on any atom is -0.326 e. The first-order chi connectivity index (χ1) is 5.66. The first kappa shape index (κ1) is 9.08. The first-order valence-electron chi connectivity index (χ1n) is 3.13. The lowest BCUT2D eigenvalue weighted by Gasteiger charge is -2.00. The molecule has 0 radical (unpaired) electrons. The number of rotatable bonds is 2. The Hall–Kier alpha value is -1.01. The molecule has 0 aliphatic heterocycles. The Morgan fingerprint density at radius 3 is 2.75 bits per heavy atom. The molecule has 0 amide bonds. The molecule has 1 aromatic heterocycles. The van der Waals surface area contributed by atoms with E-state index < -0.39 is 4.92 Å². The third-order valence-electron chi connectivity index (χ3n) is 1.38. The molecule has 0 bridgehead atoms. The largest absolute Gasteiger partial charge is 0.326 e. The molecule has 0 atom stereocenters. The summed E-state index contributed by atoms with van der Waals surface area (Å²) in [5, 5.41) is 10.4. The second-order valence-electron chi connectivity index (χ2n) is 2.08. The molecule has 64 valence electrons. The van der Waals surface area contributed by atoms with Crippen molar-refractivity contribution in [2.75, 3.05) is 0 Å². The Kier molecular flexibility index (Phi) is 2.72. The molecule has 5 nitrogen and oxygen atoms in total. The molecule has 0 unspecified atom stereocenters. The van der Waals surface area contributed by atoms with E-state index >= 15 is 0 Å². The number of aromatic nitrogens is 1. The molecule has 0 saturated carbocycles. The highest BCUT2D eigenvalue weighted by atomic mass is 79.9. The lowest BCUT2D eigenvalue weighted by atomic mass is 10.2. The van der Waals surface area contributed by atoms with Gasteiger partial charge in [-0.1, -0.05) is 0 Å². The summed E-state index contributed by atoms with van der Waals surface area (Å²) in [6.07, 6.45) is 2.67. The summed E-state index contributed by atoms with van der Waals surface area (Å²) < 4.78 is 0.569. The summed E-state index contributed by atoms with van der Waals surface area (Å²) >= 11 is 3.13. The first-order valence-corrected chi connectivity index (χ1v) is 3.93. The summed E-state index contributed by atoms with van der Waals surface area (Å²) in [5.74, 6) is 0.